The van der Waals surface area contributed by atoms with Crippen LogP contribution in [-0.2, 0) is 14.3 Å². The van der Waals surface area contributed by atoms with E-state index >= 15 is 0 Å². The molecule has 0 saturated heterocycles. The number of rotatable bonds is 8. The summed E-state index contributed by atoms with van der Waals surface area (Å²) in [5.41, 5.74) is 0.777. The van der Waals surface area contributed by atoms with Gasteiger partial charge in [-0.2, -0.15) is 0 Å². The Morgan fingerprint density at radius 3 is 2.77 bits per heavy atom. The molecule has 0 heterocycles. The van der Waals surface area contributed by atoms with Crippen LogP contribution in [0.2, 0.25) is 0 Å². The largest absolute Gasteiger partial charge is 0.465 e. The number of ether oxygens (including phenoxy) is 1. The van der Waals surface area contributed by atoms with Crippen LogP contribution in [0, 0.1) is 9.49 Å². The lowest BCUT2D eigenvalue weighted by Gasteiger charge is -2.20. The van der Waals surface area contributed by atoms with Crippen molar-refractivity contribution < 1.29 is 14.3 Å². The van der Waals surface area contributed by atoms with Crippen LogP contribution < -0.4 is 5.32 Å². The summed E-state index contributed by atoms with van der Waals surface area (Å²) >= 11 is 2.20. The van der Waals surface area contributed by atoms with Crippen molar-refractivity contribution in [2.24, 2.45) is 5.92 Å². The second kappa shape index (κ2) is 8.47. The normalized spacial score (nSPS) is 14.0. The molecule has 0 aromatic heterocycles. The Kier molecular flexibility index (Phi) is 6.63. The zero-order valence-electron chi connectivity index (χ0n) is 12.7. The minimum Gasteiger partial charge on any atom is -0.465 e. The van der Waals surface area contributed by atoms with E-state index in [1.54, 1.807) is 6.92 Å². The maximum atomic E-state index is 12.2. The number of amides is 1. The standard InChI is InChI=1S/C16H21IN2O3/c1-2-22-16(21)11-19(9-12-6-7-12)10-15(20)18-14-5-3-4-13(17)8-14/h3-5,8,12H,2,6-7,9-11H2,1H3,(H,18,20). The van der Waals surface area contributed by atoms with E-state index in [1.165, 1.54) is 12.8 Å². The fraction of sp³-hybridized carbons (Fsp3) is 0.500. The zero-order valence-corrected chi connectivity index (χ0v) is 14.8. The molecular weight excluding hydrogens is 395 g/mol. The maximum Gasteiger partial charge on any atom is 0.320 e. The van der Waals surface area contributed by atoms with E-state index in [-0.39, 0.29) is 25.0 Å². The summed E-state index contributed by atoms with van der Waals surface area (Å²) in [6.45, 7) is 3.31. The van der Waals surface area contributed by atoms with Crippen LogP contribution in [0.15, 0.2) is 24.3 Å². The summed E-state index contributed by atoms with van der Waals surface area (Å²) in [5.74, 6) is 0.233. The minimum absolute atomic E-state index is 0.105. The quantitative estimate of drug-likeness (QED) is 0.523. The van der Waals surface area contributed by atoms with Crippen molar-refractivity contribution in [1.82, 2.24) is 4.90 Å². The molecule has 1 fully saturated rings. The lowest BCUT2D eigenvalue weighted by molar-refractivity contribution is -0.144. The van der Waals surface area contributed by atoms with E-state index < -0.39 is 0 Å². The van der Waals surface area contributed by atoms with Crippen molar-refractivity contribution in [2.75, 3.05) is 31.6 Å². The number of carbonyl (C=O) groups excluding carboxylic acids is 2. The first kappa shape index (κ1) is 17.2. The molecule has 2 rings (SSSR count). The summed E-state index contributed by atoms with van der Waals surface area (Å²) in [4.78, 5) is 25.7. The molecule has 1 N–H and O–H groups in total. The van der Waals surface area contributed by atoms with Crippen LogP contribution in [0.1, 0.15) is 19.8 Å². The third-order valence-corrected chi connectivity index (χ3v) is 4.02. The third kappa shape index (κ3) is 6.31. The molecular formula is C16H21IN2O3. The molecule has 1 aromatic carbocycles. The molecule has 0 bridgehead atoms. The average Bonchev–Trinajstić information content (AvgIpc) is 3.22. The van der Waals surface area contributed by atoms with Crippen LogP contribution in [-0.4, -0.2) is 43.0 Å². The molecule has 0 atom stereocenters. The van der Waals surface area contributed by atoms with Gasteiger partial charge in [-0.15, -0.1) is 0 Å². The Morgan fingerprint density at radius 1 is 1.36 bits per heavy atom. The summed E-state index contributed by atoms with van der Waals surface area (Å²) in [6.07, 6.45) is 2.36. The van der Waals surface area contributed by atoms with Gasteiger partial charge in [-0.05, 0) is 66.5 Å². The first-order valence-corrected chi connectivity index (χ1v) is 8.58. The molecule has 1 aliphatic rings. The first-order valence-electron chi connectivity index (χ1n) is 7.50. The molecule has 0 spiro atoms. The molecule has 120 valence electrons. The van der Waals surface area contributed by atoms with Crippen LogP contribution in [0.4, 0.5) is 5.69 Å². The van der Waals surface area contributed by atoms with Gasteiger partial charge in [0.1, 0.15) is 0 Å². The van der Waals surface area contributed by atoms with Gasteiger partial charge in [-0.25, -0.2) is 0 Å². The highest BCUT2D eigenvalue weighted by molar-refractivity contribution is 14.1. The van der Waals surface area contributed by atoms with Gasteiger partial charge in [-0.1, -0.05) is 6.07 Å². The van der Waals surface area contributed by atoms with Gasteiger partial charge < -0.3 is 10.1 Å². The number of halogens is 1. The second-order valence-electron chi connectivity index (χ2n) is 5.48. The number of hydrogen-bond donors (Lipinski definition) is 1. The summed E-state index contributed by atoms with van der Waals surface area (Å²) in [6, 6.07) is 7.64. The van der Waals surface area contributed by atoms with Crippen LogP contribution in [0.25, 0.3) is 0 Å². The Balaban J connectivity index is 1.87. The molecule has 1 amide bonds. The third-order valence-electron chi connectivity index (χ3n) is 3.35. The summed E-state index contributed by atoms with van der Waals surface area (Å²) < 4.78 is 6.04. The van der Waals surface area contributed by atoms with E-state index in [9.17, 15) is 9.59 Å². The van der Waals surface area contributed by atoms with Crippen LogP contribution >= 0.6 is 22.6 Å². The second-order valence-corrected chi connectivity index (χ2v) is 6.72. The maximum absolute atomic E-state index is 12.2. The minimum atomic E-state index is -0.273. The van der Waals surface area contributed by atoms with Crippen molar-refractivity contribution in [3.05, 3.63) is 27.8 Å². The predicted molar refractivity (Wildman–Crippen MR) is 93.6 cm³/mol. The van der Waals surface area contributed by atoms with Gasteiger partial charge in [0.25, 0.3) is 0 Å². The van der Waals surface area contributed by atoms with Gasteiger partial charge in [0, 0.05) is 15.8 Å². The highest BCUT2D eigenvalue weighted by atomic mass is 127. The first-order chi connectivity index (χ1) is 10.6. The van der Waals surface area contributed by atoms with Gasteiger partial charge in [-0.3, -0.25) is 14.5 Å². The topological polar surface area (TPSA) is 58.6 Å². The Hall–Kier alpha value is -1.15. The van der Waals surface area contributed by atoms with Crippen LogP contribution in [0.5, 0.6) is 0 Å². The van der Waals surface area contributed by atoms with Crippen molar-refractivity contribution >= 4 is 40.2 Å². The lowest BCUT2D eigenvalue weighted by Crippen LogP contribution is -2.38. The van der Waals surface area contributed by atoms with Gasteiger partial charge >= 0.3 is 5.97 Å². The molecule has 6 heteroatoms. The number of carbonyl (C=O) groups is 2. The number of nitrogens with zero attached hydrogens (tertiary/aromatic N) is 1. The van der Waals surface area contributed by atoms with Gasteiger partial charge in [0.05, 0.1) is 19.7 Å². The van der Waals surface area contributed by atoms with E-state index in [4.69, 9.17) is 4.74 Å². The fourth-order valence-corrected chi connectivity index (χ4v) is 2.75. The molecule has 1 aromatic rings. The van der Waals surface area contributed by atoms with Crippen molar-refractivity contribution in [2.45, 2.75) is 19.8 Å². The van der Waals surface area contributed by atoms with E-state index in [0.717, 1.165) is 15.8 Å². The van der Waals surface area contributed by atoms with Crippen LogP contribution in [0.3, 0.4) is 0 Å². The molecule has 0 radical (unpaired) electrons. The highest BCUT2D eigenvalue weighted by Crippen LogP contribution is 2.29. The zero-order chi connectivity index (χ0) is 15.9. The Bertz CT molecular complexity index is 532. The fourth-order valence-electron chi connectivity index (χ4n) is 2.21. The average molecular weight is 416 g/mol. The molecule has 22 heavy (non-hydrogen) atoms. The Morgan fingerprint density at radius 2 is 2.14 bits per heavy atom. The van der Waals surface area contributed by atoms with Gasteiger partial charge in [0.2, 0.25) is 5.91 Å². The number of hydrogen-bond acceptors (Lipinski definition) is 4. The summed E-state index contributed by atoms with van der Waals surface area (Å²) in [5, 5.41) is 2.87. The van der Waals surface area contributed by atoms with Crippen molar-refractivity contribution in [3.8, 4) is 0 Å². The number of nitrogens with one attached hydrogen (secondary N) is 1. The molecule has 0 unspecified atom stereocenters. The number of benzene rings is 1. The van der Waals surface area contributed by atoms with Gasteiger partial charge in [0.15, 0.2) is 0 Å². The highest BCUT2D eigenvalue weighted by Gasteiger charge is 2.26. The van der Waals surface area contributed by atoms with E-state index in [2.05, 4.69) is 27.9 Å². The SMILES string of the molecule is CCOC(=O)CN(CC(=O)Nc1cccc(I)c1)CC1CC1. The number of esters is 1. The molecule has 1 saturated carbocycles. The van der Waals surface area contributed by atoms with E-state index in [1.807, 2.05) is 29.2 Å². The molecule has 1 aliphatic carbocycles. The molecule has 5 nitrogen and oxygen atoms in total. The van der Waals surface area contributed by atoms with Crippen molar-refractivity contribution in [1.29, 1.82) is 0 Å². The predicted octanol–water partition coefficient (Wildman–Crippen LogP) is 2.50. The lowest BCUT2D eigenvalue weighted by atomic mass is 10.3. The Labute approximate surface area is 144 Å². The van der Waals surface area contributed by atoms with E-state index in [0.29, 0.717) is 12.5 Å². The summed E-state index contributed by atoms with van der Waals surface area (Å²) in [7, 11) is 0. The smallest absolute Gasteiger partial charge is 0.320 e. The van der Waals surface area contributed by atoms with Crippen molar-refractivity contribution in [3.63, 3.8) is 0 Å². The number of anilines is 1. The molecule has 0 aliphatic heterocycles. The monoisotopic (exact) mass is 416 g/mol.